The summed E-state index contributed by atoms with van der Waals surface area (Å²) in [6.45, 7) is 0. The van der Waals surface area contributed by atoms with Crippen LogP contribution in [0.25, 0.3) is 21.9 Å². The zero-order valence-electron chi connectivity index (χ0n) is 13.3. The molecule has 24 heavy (non-hydrogen) atoms. The second-order valence-corrected chi connectivity index (χ2v) is 6.35. The first-order valence-electron chi connectivity index (χ1n) is 8.34. The van der Waals surface area contributed by atoms with Gasteiger partial charge in [0, 0.05) is 17.8 Å². The summed E-state index contributed by atoms with van der Waals surface area (Å²) in [5.41, 5.74) is 7.79. The molecule has 0 spiro atoms. The van der Waals surface area contributed by atoms with Gasteiger partial charge in [-0.15, -0.1) is 0 Å². The van der Waals surface area contributed by atoms with Crippen molar-refractivity contribution in [2.24, 2.45) is 0 Å². The first kappa shape index (κ1) is 13.4. The molecular formula is C23H17N. The lowest BCUT2D eigenvalue weighted by Gasteiger charge is -2.24. The molecule has 0 radical (unpaired) electrons. The molecule has 0 saturated carbocycles. The summed E-state index contributed by atoms with van der Waals surface area (Å²) >= 11 is 0. The van der Waals surface area contributed by atoms with Crippen LogP contribution in [0.2, 0.25) is 0 Å². The zero-order valence-corrected chi connectivity index (χ0v) is 13.3. The number of fused-ring (bicyclic) bond motifs is 3. The highest BCUT2D eigenvalue weighted by Crippen LogP contribution is 2.38. The summed E-state index contributed by atoms with van der Waals surface area (Å²) in [4.78, 5) is 0. The SMILES string of the molecule is c1ccc2c(c1)Cc1c(cccc1-c1ccc3ccccc3c1)N2. The monoisotopic (exact) mass is 307 g/mol. The van der Waals surface area contributed by atoms with Crippen LogP contribution in [0.1, 0.15) is 11.1 Å². The van der Waals surface area contributed by atoms with Crippen LogP contribution in [0.4, 0.5) is 11.4 Å². The minimum atomic E-state index is 0.974. The van der Waals surface area contributed by atoms with Crippen LogP contribution in [0.15, 0.2) is 84.9 Å². The fourth-order valence-corrected chi connectivity index (χ4v) is 3.65. The largest absolute Gasteiger partial charge is 0.355 e. The molecule has 4 aromatic carbocycles. The summed E-state index contributed by atoms with van der Waals surface area (Å²) in [5.74, 6) is 0. The van der Waals surface area contributed by atoms with Crippen LogP contribution >= 0.6 is 0 Å². The maximum atomic E-state index is 3.59. The van der Waals surface area contributed by atoms with Gasteiger partial charge in [0.25, 0.3) is 0 Å². The summed E-state index contributed by atoms with van der Waals surface area (Å²) < 4.78 is 0. The molecule has 5 rings (SSSR count). The lowest BCUT2D eigenvalue weighted by Crippen LogP contribution is -2.07. The van der Waals surface area contributed by atoms with Gasteiger partial charge < -0.3 is 5.32 Å². The average Bonchev–Trinajstić information content (AvgIpc) is 2.65. The summed E-state index contributed by atoms with van der Waals surface area (Å²) in [6, 6.07) is 30.4. The molecule has 0 saturated heterocycles. The van der Waals surface area contributed by atoms with E-state index in [0.717, 1.165) is 6.42 Å². The Morgan fingerprint density at radius 3 is 2.38 bits per heavy atom. The Morgan fingerprint density at radius 2 is 1.42 bits per heavy atom. The van der Waals surface area contributed by atoms with Gasteiger partial charge in [0.2, 0.25) is 0 Å². The van der Waals surface area contributed by atoms with Gasteiger partial charge in [-0.05, 0) is 51.2 Å². The lowest BCUT2D eigenvalue weighted by atomic mass is 9.89. The molecule has 0 unspecified atom stereocenters. The molecule has 114 valence electrons. The van der Waals surface area contributed by atoms with Crippen molar-refractivity contribution in [3.05, 3.63) is 96.1 Å². The first-order chi connectivity index (χ1) is 11.9. The van der Waals surface area contributed by atoms with E-state index in [9.17, 15) is 0 Å². The quantitative estimate of drug-likeness (QED) is 0.391. The van der Waals surface area contributed by atoms with E-state index in [1.807, 2.05) is 0 Å². The zero-order chi connectivity index (χ0) is 15.9. The van der Waals surface area contributed by atoms with Gasteiger partial charge in [-0.3, -0.25) is 0 Å². The van der Waals surface area contributed by atoms with E-state index < -0.39 is 0 Å². The Hall–Kier alpha value is -3.06. The second-order valence-electron chi connectivity index (χ2n) is 6.35. The van der Waals surface area contributed by atoms with Crippen LogP contribution in [-0.4, -0.2) is 0 Å². The molecule has 1 aliphatic rings. The molecule has 1 heterocycles. The molecule has 1 heteroatoms. The Balaban J connectivity index is 1.67. The molecule has 1 nitrogen and oxygen atoms in total. The van der Waals surface area contributed by atoms with E-state index in [2.05, 4.69) is 90.2 Å². The number of benzene rings is 4. The van der Waals surface area contributed by atoms with Crippen molar-refractivity contribution in [3.63, 3.8) is 0 Å². The third kappa shape index (κ3) is 2.10. The van der Waals surface area contributed by atoms with E-state index in [-0.39, 0.29) is 0 Å². The van der Waals surface area contributed by atoms with Crippen molar-refractivity contribution in [1.29, 1.82) is 0 Å². The molecule has 0 aliphatic carbocycles. The Labute approximate surface area is 141 Å². The summed E-state index contributed by atoms with van der Waals surface area (Å²) in [6.07, 6.45) is 0.974. The molecule has 0 fully saturated rings. The van der Waals surface area contributed by atoms with Crippen molar-refractivity contribution in [3.8, 4) is 11.1 Å². The smallest absolute Gasteiger partial charge is 0.0426 e. The van der Waals surface area contributed by atoms with Crippen LogP contribution in [0.5, 0.6) is 0 Å². The van der Waals surface area contributed by atoms with Crippen molar-refractivity contribution in [2.45, 2.75) is 6.42 Å². The molecule has 1 aliphatic heterocycles. The Bertz CT molecular complexity index is 1060. The van der Waals surface area contributed by atoms with Crippen molar-refractivity contribution in [2.75, 3.05) is 5.32 Å². The summed E-state index contributed by atoms with van der Waals surface area (Å²) in [7, 11) is 0. The average molecular weight is 307 g/mol. The van der Waals surface area contributed by atoms with Crippen molar-refractivity contribution >= 4 is 22.1 Å². The number of para-hydroxylation sites is 1. The molecular weight excluding hydrogens is 290 g/mol. The highest BCUT2D eigenvalue weighted by molar-refractivity contribution is 5.89. The van der Waals surface area contributed by atoms with Crippen LogP contribution in [0.3, 0.4) is 0 Å². The maximum Gasteiger partial charge on any atom is 0.0426 e. The van der Waals surface area contributed by atoms with Crippen LogP contribution in [-0.2, 0) is 6.42 Å². The highest BCUT2D eigenvalue weighted by atomic mass is 14.9. The topological polar surface area (TPSA) is 12.0 Å². The van der Waals surface area contributed by atoms with Gasteiger partial charge in [-0.1, -0.05) is 66.7 Å². The van der Waals surface area contributed by atoms with Gasteiger partial charge in [-0.2, -0.15) is 0 Å². The molecule has 4 aromatic rings. The summed E-state index contributed by atoms with van der Waals surface area (Å²) in [5, 5.41) is 6.16. The van der Waals surface area contributed by atoms with Gasteiger partial charge in [0.1, 0.15) is 0 Å². The standard InChI is InChI=1S/C23H17N/c1-2-7-17-14-18(13-12-16(17)6-1)20-9-5-11-23-21(20)15-19-8-3-4-10-22(19)24-23/h1-14,24H,15H2. The third-order valence-corrected chi connectivity index (χ3v) is 4.89. The lowest BCUT2D eigenvalue weighted by molar-refractivity contribution is 1.16. The minimum Gasteiger partial charge on any atom is -0.355 e. The number of rotatable bonds is 1. The van der Waals surface area contributed by atoms with E-state index in [1.165, 1.54) is 44.4 Å². The molecule has 0 atom stereocenters. The number of hydrogen-bond donors (Lipinski definition) is 1. The molecule has 0 aromatic heterocycles. The number of anilines is 2. The van der Waals surface area contributed by atoms with Gasteiger partial charge in [0.05, 0.1) is 0 Å². The first-order valence-corrected chi connectivity index (χ1v) is 8.34. The predicted molar refractivity (Wildman–Crippen MR) is 102 cm³/mol. The molecule has 1 N–H and O–H groups in total. The Kier molecular flexibility index (Phi) is 2.92. The fraction of sp³-hybridized carbons (Fsp3) is 0.0435. The second kappa shape index (κ2) is 5.24. The van der Waals surface area contributed by atoms with Crippen molar-refractivity contribution < 1.29 is 0 Å². The number of nitrogens with one attached hydrogen (secondary N) is 1. The maximum absolute atomic E-state index is 3.59. The van der Waals surface area contributed by atoms with Gasteiger partial charge >= 0.3 is 0 Å². The predicted octanol–water partition coefficient (Wildman–Crippen LogP) is 6.15. The number of hydrogen-bond acceptors (Lipinski definition) is 1. The van der Waals surface area contributed by atoms with Crippen LogP contribution in [0, 0.1) is 0 Å². The Morgan fingerprint density at radius 1 is 0.625 bits per heavy atom. The highest BCUT2D eigenvalue weighted by Gasteiger charge is 2.17. The third-order valence-electron chi connectivity index (χ3n) is 4.89. The molecule has 0 amide bonds. The van der Waals surface area contributed by atoms with E-state index >= 15 is 0 Å². The van der Waals surface area contributed by atoms with E-state index in [0.29, 0.717) is 0 Å². The minimum absolute atomic E-state index is 0.974. The fourth-order valence-electron chi connectivity index (χ4n) is 3.65. The van der Waals surface area contributed by atoms with Gasteiger partial charge in [0.15, 0.2) is 0 Å². The van der Waals surface area contributed by atoms with Gasteiger partial charge in [-0.25, -0.2) is 0 Å². The van der Waals surface area contributed by atoms with Crippen LogP contribution < -0.4 is 5.32 Å². The van der Waals surface area contributed by atoms with E-state index in [4.69, 9.17) is 0 Å². The van der Waals surface area contributed by atoms with E-state index in [1.54, 1.807) is 0 Å². The normalized spacial score (nSPS) is 12.3. The van der Waals surface area contributed by atoms with Crippen molar-refractivity contribution in [1.82, 2.24) is 0 Å². The molecule has 0 bridgehead atoms.